The van der Waals surface area contributed by atoms with Crippen molar-refractivity contribution < 1.29 is 18.7 Å². The fourth-order valence-corrected chi connectivity index (χ4v) is 5.22. The van der Waals surface area contributed by atoms with Crippen molar-refractivity contribution >= 4 is 34.4 Å². The van der Waals surface area contributed by atoms with Crippen LogP contribution in [0.2, 0.25) is 0 Å². The molecule has 3 aromatic rings. The van der Waals surface area contributed by atoms with E-state index in [0.29, 0.717) is 29.6 Å². The molecule has 0 bridgehead atoms. The van der Waals surface area contributed by atoms with Crippen LogP contribution in [0.1, 0.15) is 26.4 Å². The van der Waals surface area contributed by atoms with Crippen molar-refractivity contribution in [3.8, 4) is 0 Å². The molecule has 2 aromatic carbocycles. The number of ether oxygens (including phenoxy) is 1. The minimum Gasteiger partial charge on any atom is -0.378 e. The van der Waals surface area contributed by atoms with E-state index in [4.69, 9.17) is 9.73 Å². The summed E-state index contributed by atoms with van der Waals surface area (Å²) in [6.07, 6.45) is 1.00. The van der Waals surface area contributed by atoms with Gasteiger partial charge in [-0.2, -0.15) is 0 Å². The van der Waals surface area contributed by atoms with E-state index in [1.165, 1.54) is 23.9 Å². The van der Waals surface area contributed by atoms with Gasteiger partial charge in [0.1, 0.15) is 17.1 Å². The summed E-state index contributed by atoms with van der Waals surface area (Å²) in [4.78, 5) is 34.0. The molecule has 0 aliphatic carbocycles. The summed E-state index contributed by atoms with van der Waals surface area (Å²) < 4.78 is 18.9. The largest absolute Gasteiger partial charge is 0.378 e. The summed E-state index contributed by atoms with van der Waals surface area (Å²) in [7, 11) is 0. The average molecular weight is 477 g/mol. The third-order valence-corrected chi connectivity index (χ3v) is 6.91. The average Bonchev–Trinajstić information content (AvgIpc) is 3.30. The molecule has 7 nitrogen and oxygen atoms in total. The second-order valence-electron chi connectivity index (χ2n) is 8.08. The Balaban J connectivity index is 1.40. The molecule has 2 amide bonds. The van der Waals surface area contributed by atoms with Crippen LogP contribution in [0, 0.1) is 11.7 Å². The molecule has 9 heteroatoms. The quantitative estimate of drug-likeness (QED) is 0.597. The van der Waals surface area contributed by atoms with E-state index in [1.807, 2.05) is 36.4 Å². The molecule has 0 spiro atoms. The zero-order chi connectivity index (χ0) is 23.5. The van der Waals surface area contributed by atoms with Crippen molar-refractivity contribution in [2.75, 3.05) is 24.3 Å². The third-order valence-electron chi connectivity index (χ3n) is 5.88. The second kappa shape index (κ2) is 9.36. The fraction of sp³-hybridized carbons (Fsp3) is 0.200. The van der Waals surface area contributed by atoms with Crippen LogP contribution < -0.4 is 10.6 Å². The fourth-order valence-electron chi connectivity index (χ4n) is 4.09. The van der Waals surface area contributed by atoms with Crippen LogP contribution in [0.25, 0.3) is 0 Å². The number of amides is 2. The number of fused-ring (bicyclic) bond motifs is 1. The molecular weight excluding hydrogens is 455 g/mol. The topological polar surface area (TPSA) is 92.7 Å². The van der Waals surface area contributed by atoms with Gasteiger partial charge in [0.05, 0.1) is 19.4 Å². The van der Waals surface area contributed by atoms with Gasteiger partial charge in [-0.15, -0.1) is 0 Å². The molecule has 0 saturated carbocycles. The van der Waals surface area contributed by atoms with Crippen LogP contribution in [0.4, 0.5) is 10.1 Å². The van der Waals surface area contributed by atoms with E-state index in [9.17, 15) is 14.0 Å². The first-order chi connectivity index (χ1) is 16.5. The van der Waals surface area contributed by atoms with Crippen molar-refractivity contribution in [2.45, 2.75) is 5.54 Å². The highest BCUT2D eigenvalue weighted by Gasteiger charge is 2.48. The summed E-state index contributed by atoms with van der Waals surface area (Å²) in [6.45, 7) is 0.937. The van der Waals surface area contributed by atoms with Crippen LogP contribution in [-0.4, -0.2) is 40.9 Å². The first-order valence-corrected chi connectivity index (χ1v) is 11.7. The molecular formula is C25H21FN4O3S. The first kappa shape index (κ1) is 22.2. The number of carbonyl (C=O) groups is 2. The third kappa shape index (κ3) is 4.44. The lowest BCUT2D eigenvalue weighted by atomic mass is 9.81. The van der Waals surface area contributed by atoms with Gasteiger partial charge in [-0.3, -0.25) is 9.59 Å². The Morgan fingerprint density at radius 2 is 1.88 bits per heavy atom. The van der Waals surface area contributed by atoms with Gasteiger partial charge >= 0.3 is 0 Å². The number of amidine groups is 1. The number of pyridine rings is 1. The second-order valence-corrected chi connectivity index (χ2v) is 9.09. The number of hydrogen-bond donors (Lipinski definition) is 2. The lowest BCUT2D eigenvalue weighted by Gasteiger charge is -2.35. The molecule has 172 valence electrons. The highest BCUT2D eigenvalue weighted by molar-refractivity contribution is 8.13. The van der Waals surface area contributed by atoms with E-state index in [2.05, 4.69) is 15.6 Å². The van der Waals surface area contributed by atoms with Crippen molar-refractivity contribution in [1.82, 2.24) is 10.3 Å². The number of rotatable bonds is 4. The summed E-state index contributed by atoms with van der Waals surface area (Å²) in [5.74, 6) is -0.295. The number of carbonyl (C=O) groups excluding carboxylic acids is 2. The van der Waals surface area contributed by atoms with Crippen LogP contribution in [-0.2, 0) is 10.3 Å². The highest BCUT2D eigenvalue weighted by atomic mass is 32.2. The van der Waals surface area contributed by atoms with Gasteiger partial charge in [-0.1, -0.05) is 42.1 Å². The zero-order valence-corrected chi connectivity index (χ0v) is 18.8. The van der Waals surface area contributed by atoms with Crippen LogP contribution in [0.15, 0.2) is 77.9 Å². The Morgan fingerprint density at radius 1 is 1.03 bits per heavy atom. The molecule has 2 aliphatic heterocycles. The number of hydrogen-bond acceptors (Lipinski definition) is 6. The first-order valence-electron chi connectivity index (χ1n) is 10.7. The van der Waals surface area contributed by atoms with Crippen LogP contribution in [0.3, 0.4) is 0 Å². The van der Waals surface area contributed by atoms with Gasteiger partial charge in [0.15, 0.2) is 5.17 Å². The lowest BCUT2D eigenvalue weighted by molar-refractivity contribution is 0.0975. The normalized spacial score (nSPS) is 21.3. The zero-order valence-electron chi connectivity index (χ0n) is 18.0. The van der Waals surface area contributed by atoms with E-state index < -0.39 is 17.3 Å². The number of aliphatic imine (C=N–C) groups is 1. The summed E-state index contributed by atoms with van der Waals surface area (Å²) in [5, 5.41) is 6.28. The predicted molar refractivity (Wildman–Crippen MR) is 128 cm³/mol. The van der Waals surface area contributed by atoms with Gasteiger partial charge < -0.3 is 15.4 Å². The molecule has 0 unspecified atom stereocenters. The van der Waals surface area contributed by atoms with Gasteiger partial charge in [-0.05, 0) is 42.0 Å². The molecule has 5 rings (SSSR count). The Morgan fingerprint density at radius 3 is 2.68 bits per heavy atom. The van der Waals surface area contributed by atoms with Crippen LogP contribution in [0.5, 0.6) is 0 Å². The van der Waals surface area contributed by atoms with Crippen molar-refractivity contribution in [2.24, 2.45) is 10.9 Å². The molecule has 2 atom stereocenters. The molecule has 0 radical (unpaired) electrons. The van der Waals surface area contributed by atoms with Crippen LogP contribution >= 0.6 is 11.8 Å². The minimum absolute atomic E-state index is 0.116. The van der Waals surface area contributed by atoms with Gasteiger partial charge in [0.25, 0.3) is 11.8 Å². The van der Waals surface area contributed by atoms with E-state index in [0.717, 1.165) is 17.5 Å². The summed E-state index contributed by atoms with van der Waals surface area (Å²) >= 11 is 1.50. The summed E-state index contributed by atoms with van der Waals surface area (Å²) in [5.41, 5.74) is 1.46. The van der Waals surface area contributed by atoms with E-state index in [-0.39, 0.29) is 17.5 Å². The minimum atomic E-state index is -0.667. The number of thioether (sulfide) groups is 1. The highest BCUT2D eigenvalue weighted by Crippen LogP contribution is 2.45. The molecule has 1 saturated heterocycles. The maximum Gasteiger partial charge on any atom is 0.274 e. The van der Waals surface area contributed by atoms with Crippen molar-refractivity contribution in [3.63, 3.8) is 0 Å². The number of aromatic nitrogens is 1. The number of anilines is 1. The van der Waals surface area contributed by atoms with Gasteiger partial charge in [0.2, 0.25) is 0 Å². The molecule has 34 heavy (non-hydrogen) atoms. The molecule has 1 aromatic heterocycles. The summed E-state index contributed by atoms with van der Waals surface area (Å²) in [6, 6.07) is 18.9. The molecule has 3 heterocycles. The monoisotopic (exact) mass is 476 g/mol. The van der Waals surface area contributed by atoms with Gasteiger partial charge in [-0.25, -0.2) is 14.4 Å². The molecule has 1 fully saturated rings. The number of nitrogens with zero attached hydrogens (tertiary/aromatic N) is 2. The standard InChI is InChI=1S/C25H21FN4O3S/c26-19-9-10-21(27-12-19)23(32)28-20-8-4-7-17(11-20)25-15-33-13-18(25)14-34-24(30-25)29-22(31)16-5-2-1-3-6-16/h1-12,18H,13-15H2,(H,28,32)(H,29,30,31)/t18-,25+/m0/s1. The SMILES string of the molecule is O=C(NC1=N[C@@]2(c3cccc(NC(=O)c4ccc(F)cn4)c3)COC[C@H]2CS1)c1ccccc1. The lowest BCUT2D eigenvalue weighted by Crippen LogP contribution is -2.42. The maximum atomic E-state index is 13.1. The Bertz CT molecular complexity index is 1250. The van der Waals surface area contributed by atoms with Crippen molar-refractivity contribution in [1.29, 1.82) is 0 Å². The molecule has 2 aliphatic rings. The Hall–Kier alpha value is -3.56. The number of nitrogens with one attached hydrogen (secondary N) is 2. The van der Waals surface area contributed by atoms with E-state index in [1.54, 1.807) is 18.2 Å². The predicted octanol–water partition coefficient (Wildman–Crippen LogP) is 3.85. The number of benzene rings is 2. The Labute approximate surface area is 199 Å². The van der Waals surface area contributed by atoms with E-state index >= 15 is 0 Å². The number of halogens is 1. The Kier molecular flexibility index (Phi) is 6.12. The van der Waals surface area contributed by atoms with Crippen molar-refractivity contribution in [3.05, 3.63) is 95.6 Å². The van der Waals surface area contributed by atoms with Gasteiger partial charge in [0, 0.05) is 22.9 Å². The molecule has 2 N–H and O–H groups in total. The smallest absolute Gasteiger partial charge is 0.274 e. The maximum absolute atomic E-state index is 13.1.